The fourth-order valence-electron chi connectivity index (χ4n) is 6.49. The number of hydrogen-bond acceptors (Lipinski definition) is 3. The van der Waals surface area contributed by atoms with Gasteiger partial charge in [0.15, 0.2) is 0 Å². The third kappa shape index (κ3) is 4.03. The van der Waals surface area contributed by atoms with Crippen LogP contribution >= 0.6 is 0 Å². The van der Waals surface area contributed by atoms with Gasteiger partial charge in [-0.2, -0.15) is 0 Å². The van der Waals surface area contributed by atoms with Crippen LogP contribution < -0.4 is 0 Å². The zero-order valence-electron chi connectivity index (χ0n) is 17.1. The van der Waals surface area contributed by atoms with Crippen LogP contribution in [0.2, 0.25) is 0 Å². The minimum absolute atomic E-state index is 0.239. The smallest absolute Gasteiger partial charge is 0.222 e. The Morgan fingerprint density at radius 3 is 2.41 bits per heavy atom. The Morgan fingerprint density at radius 2 is 1.67 bits per heavy atom. The molecule has 0 N–H and O–H groups in total. The van der Waals surface area contributed by atoms with E-state index in [-0.39, 0.29) is 5.91 Å². The molecule has 0 spiro atoms. The van der Waals surface area contributed by atoms with Crippen molar-refractivity contribution in [3.63, 3.8) is 0 Å². The molecule has 5 nitrogen and oxygen atoms in total. The largest absolute Gasteiger partial charge is 0.343 e. The van der Waals surface area contributed by atoms with Crippen LogP contribution in [0.4, 0.5) is 0 Å². The van der Waals surface area contributed by atoms with Gasteiger partial charge >= 0.3 is 0 Å². The van der Waals surface area contributed by atoms with Crippen LogP contribution in [-0.2, 0) is 9.59 Å². The van der Waals surface area contributed by atoms with E-state index in [9.17, 15) is 9.59 Å². The Bertz CT molecular complexity index is 544. The third-order valence-corrected chi connectivity index (χ3v) is 7.68. The molecule has 0 aliphatic carbocycles. The molecule has 0 aromatic rings. The fraction of sp³-hybridized carbons (Fsp3) is 0.909. The number of piperidine rings is 4. The van der Waals surface area contributed by atoms with Gasteiger partial charge in [-0.3, -0.25) is 14.5 Å². The maximum Gasteiger partial charge on any atom is 0.222 e. The summed E-state index contributed by atoms with van der Waals surface area (Å²) in [5.41, 5.74) is 0. The van der Waals surface area contributed by atoms with Crippen molar-refractivity contribution in [2.75, 3.05) is 32.7 Å². The zero-order chi connectivity index (χ0) is 18.8. The first-order valence-electron chi connectivity index (χ1n) is 11.4. The van der Waals surface area contributed by atoms with Gasteiger partial charge < -0.3 is 9.80 Å². The van der Waals surface area contributed by atoms with Crippen molar-refractivity contribution >= 4 is 11.8 Å². The normalized spacial score (nSPS) is 34.3. The zero-order valence-corrected chi connectivity index (χ0v) is 17.1. The number of carbonyl (C=O) groups excluding carboxylic acids is 2. The maximum atomic E-state index is 12.5. The summed E-state index contributed by atoms with van der Waals surface area (Å²) in [7, 11) is 0. The quantitative estimate of drug-likeness (QED) is 0.759. The number of hydrogen-bond donors (Lipinski definition) is 0. The standard InChI is InChI=1S/C22H37N3O2/c1-17(26)25-16-18-8-6-14-24-15-7-9-19(22(18)24)20(25)10-5-11-21(27)23-12-3-2-4-13-23/h18-20,22H,2-16H2,1H3/t18-,19+,20+,22-/m0/s1. The van der Waals surface area contributed by atoms with Crippen LogP contribution in [0, 0.1) is 11.8 Å². The Kier molecular flexibility index (Phi) is 6.05. The van der Waals surface area contributed by atoms with Crippen LogP contribution in [-0.4, -0.2) is 71.3 Å². The molecule has 152 valence electrons. The second kappa shape index (κ2) is 8.50. The van der Waals surface area contributed by atoms with E-state index < -0.39 is 0 Å². The molecule has 0 bridgehead atoms. The molecule has 0 radical (unpaired) electrons. The lowest BCUT2D eigenvalue weighted by Crippen LogP contribution is -2.65. The summed E-state index contributed by atoms with van der Waals surface area (Å²) in [4.78, 5) is 31.9. The van der Waals surface area contributed by atoms with Crippen molar-refractivity contribution in [3.05, 3.63) is 0 Å². The van der Waals surface area contributed by atoms with E-state index in [1.807, 2.05) is 0 Å². The summed E-state index contributed by atoms with van der Waals surface area (Å²) < 4.78 is 0. The average molecular weight is 376 g/mol. The number of nitrogens with zero attached hydrogens (tertiary/aromatic N) is 3. The molecule has 4 fully saturated rings. The molecule has 27 heavy (non-hydrogen) atoms. The van der Waals surface area contributed by atoms with Crippen molar-refractivity contribution in [2.24, 2.45) is 11.8 Å². The minimum atomic E-state index is 0.239. The maximum absolute atomic E-state index is 12.5. The highest BCUT2D eigenvalue weighted by atomic mass is 16.2. The van der Waals surface area contributed by atoms with Gasteiger partial charge in [-0.15, -0.1) is 0 Å². The molecule has 2 amide bonds. The van der Waals surface area contributed by atoms with Gasteiger partial charge in [-0.25, -0.2) is 0 Å². The molecule has 0 saturated carbocycles. The van der Waals surface area contributed by atoms with Crippen molar-refractivity contribution < 1.29 is 9.59 Å². The molecule has 5 heteroatoms. The summed E-state index contributed by atoms with van der Waals surface area (Å²) in [5.74, 6) is 1.86. The van der Waals surface area contributed by atoms with E-state index in [0.717, 1.165) is 45.3 Å². The van der Waals surface area contributed by atoms with Gasteiger partial charge in [0.05, 0.1) is 0 Å². The Labute approximate surface area is 164 Å². The topological polar surface area (TPSA) is 43.9 Å². The molecule has 4 heterocycles. The van der Waals surface area contributed by atoms with Crippen molar-refractivity contribution in [1.29, 1.82) is 0 Å². The highest BCUT2D eigenvalue weighted by molar-refractivity contribution is 5.76. The molecular weight excluding hydrogens is 338 g/mol. The molecular formula is C22H37N3O2. The van der Waals surface area contributed by atoms with Crippen molar-refractivity contribution in [2.45, 2.75) is 83.2 Å². The van der Waals surface area contributed by atoms with E-state index in [4.69, 9.17) is 0 Å². The third-order valence-electron chi connectivity index (χ3n) is 7.68. The van der Waals surface area contributed by atoms with E-state index in [2.05, 4.69) is 14.7 Å². The van der Waals surface area contributed by atoms with Crippen LogP contribution in [0.15, 0.2) is 0 Å². The fourth-order valence-corrected chi connectivity index (χ4v) is 6.49. The summed E-state index contributed by atoms with van der Waals surface area (Å²) in [6, 6.07) is 1.03. The number of rotatable bonds is 4. The van der Waals surface area contributed by atoms with Crippen LogP contribution in [0.5, 0.6) is 0 Å². The Morgan fingerprint density at radius 1 is 0.926 bits per heavy atom. The van der Waals surface area contributed by atoms with E-state index >= 15 is 0 Å². The molecule has 0 aromatic carbocycles. The average Bonchev–Trinajstić information content (AvgIpc) is 2.70. The van der Waals surface area contributed by atoms with Gasteiger partial charge in [0, 0.05) is 45.1 Å². The van der Waals surface area contributed by atoms with Gasteiger partial charge in [0.1, 0.15) is 0 Å². The highest BCUT2D eigenvalue weighted by Gasteiger charge is 2.48. The molecule has 4 aliphatic rings. The van der Waals surface area contributed by atoms with Gasteiger partial charge in [-0.1, -0.05) is 0 Å². The van der Waals surface area contributed by atoms with E-state index in [1.54, 1.807) is 6.92 Å². The lowest BCUT2D eigenvalue weighted by Gasteiger charge is -2.57. The summed E-state index contributed by atoms with van der Waals surface area (Å²) in [6.07, 6.45) is 11.3. The number of carbonyl (C=O) groups is 2. The molecule has 0 unspecified atom stereocenters. The van der Waals surface area contributed by atoms with Crippen LogP contribution in [0.1, 0.15) is 71.1 Å². The summed E-state index contributed by atoms with van der Waals surface area (Å²) in [5, 5.41) is 0. The number of amides is 2. The van der Waals surface area contributed by atoms with Crippen LogP contribution in [0.3, 0.4) is 0 Å². The first-order chi connectivity index (χ1) is 13.1. The Hall–Kier alpha value is -1.10. The molecule has 4 atom stereocenters. The first-order valence-corrected chi connectivity index (χ1v) is 11.4. The monoisotopic (exact) mass is 375 g/mol. The summed E-state index contributed by atoms with van der Waals surface area (Å²) in [6.45, 7) is 7.08. The molecule has 0 aromatic heterocycles. The predicted molar refractivity (Wildman–Crippen MR) is 106 cm³/mol. The SMILES string of the molecule is CC(=O)N1C[C@@H]2CCCN3CCC[C@@H]([C@H]23)[C@H]1CCCC(=O)N1CCCCC1. The van der Waals surface area contributed by atoms with Gasteiger partial charge in [0.25, 0.3) is 0 Å². The predicted octanol–water partition coefficient (Wildman–Crippen LogP) is 2.89. The number of likely N-dealkylation sites (tertiary alicyclic amines) is 2. The first kappa shape index (κ1) is 19.2. The van der Waals surface area contributed by atoms with Gasteiger partial charge in [-0.05, 0) is 82.7 Å². The van der Waals surface area contributed by atoms with E-state index in [1.165, 1.54) is 45.2 Å². The second-order valence-corrected chi connectivity index (χ2v) is 9.31. The van der Waals surface area contributed by atoms with Crippen LogP contribution in [0.25, 0.3) is 0 Å². The lowest BCUT2D eigenvalue weighted by atomic mass is 9.69. The molecule has 4 saturated heterocycles. The van der Waals surface area contributed by atoms with Gasteiger partial charge in [0.2, 0.25) is 11.8 Å². The Balaban J connectivity index is 1.39. The van der Waals surface area contributed by atoms with E-state index in [0.29, 0.717) is 36.2 Å². The lowest BCUT2D eigenvalue weighted by molar-refractivity contribution is -0.144. The van der Waals surface area contributed by atoms with Crippen molar-refractivity contribution in [3.8, 4) is 0 Å². The van der Waals surface area contributed by atoms with Crippen molar-refractivity contribution in [1.82, 2.24) is 14.7 Å². The molecule has 4 rings (SSSR count). The molecule has 4 aliphatic heterocycles. The minimum Gasteiger partial charge on any atom is -0.343 e. The second-order valence-electron chi connectivity index (χ2n) is 9.31. The highest BCUT2D eigenvalue weighted by Crippen LogP contribution is 2.43. The summed E-state index contributed by atoms with van der Waals surface area (Å²) >= 11 is 0.